The van der Waals surface area contributed by atoms with Crippen molar-refractivity contribution < 1.29 is 0 Å². The Morgan fingerprint density at radius 1 is 0.277 bits per heavy atom. The highest BCUT2D eigenvalue weighted by Gasteiger charge is 2.21. The molecule has 0 saturated heterocycles. The van der Waals surface area contributed by atoms with E-state index in [1.807, 2.05) is 0 Å². The summed E-state index contributed by atoms with van der Waals surface area (Å²) in [6.07, 6.45) is 0. The minimum atomic E-state index is 1.10. The van der Waals surface area contributed by atoms with Crippen LogP contribution in [0.3, 0.4) is 0 Å². The van der Waals surface area contributed by atoms with Crippen LogP contribution in [0.2, 0.25) is 0 Å². The Kier molecular flexibility index (Phi) is 8.53. The second-order valence-electron chi connectivity index (χ2n) is 16.9. The van der Waals surface area contributed by atoms with Gasteiger partial charge in [-0.15, -0.1) is 0 Å². The van der Waals surface area contributed by atoms with Gasteiger partial charge >= 0.3 is 0 Å². The lowest BCUT2D eigenvalue weighted by Gasteiger charge is -2.26. The van der Waals surface area contributed by atoms with Gasteiger partial charge in [0, 0.05) is 55.5 Å². The molecule has 3 heteroatoms. The van der Waals surface area contributed by atoms with E-state index < -0.39 is 0 Å². The summed E-state index contributed by atoms with van der Waals surface area (Å²) in [6, 6.07) is 90.7. The summed E-state index contributed by atoms with van der Waals surface area (Å²) in [4.78, 5) is 2.35. The van der Waals surface area contributed by atoms with Gasteiger partial charge in [-0.1, -0.05) is 158 Å². The average Bonchev–Trinajstić information content (AvgIpc) is 3.90. The predicted octanol–water partition coefficient (Wildman–Crippen LogP) is 17.0. The molecule has 0 radical (unpaired) electrons. The molecule has 0 spiro atoms. The molecule has 0 saturated carbocycles. The molecule has 13 rings (SSSR count). The zero-order valence-corrected chi connectivity index (χ0v) is 35.5. The molecule has 65 heavy (non-hydrogen) atoms. The highest BCUT2D eigenvalue weighted by Crippen LogP contribution is 2.44. The Bertz CT molecular complexity index is 3920. The number of nitrogens with zero attached hydrogens (tertiary/aromatic N) is 3. The van der Waals surface area contributed by atoms with Gasteiger partial charge in [-0.2, -0.15) is 0 Å². The third-order valence-corrected chi connectivity index (χ3v) is 13.2. The average molecular weight is 828 g/mol. The second kappa shape index (κ2) is 15.0. The topological polar surface area (TPSA) is 13.1 Å². The summed E-state index contributed by atoms with van der Waals surface area (Å²) in [7, 11) is 0. The van der Waals surface area contributed by atoms with E-state index in [1.165, 1.54) is 81.8 Å². The molecule has 304 valence electrons. The van der Waals surface area contributed by atoms with E-state index in [-0.39, 0.29) is 0 Å². The van der Waals surface area contributed by atoms with Crippen molar-refractivity contribution in [3.05, 3.63) is 249 Å². The van der Waals surface area contributed by atoms with E-state index >= 15 is 0 Å². The van der Waals surface area contributed by atoms with Crippen molar-refractivity contribution in [2.75, 3.05) is 4.90 Å². The van der Waals surface area contributed by atoms with Crippen molar-refractivity contribution in [1.82, 2.24) is 9.13 Å². The van der Waals surface area contributed by atoms with Gasteiger partial charge in [0.15, 0.2) is 0 Å². The molecule has 2 heterocycles. The minimum Gasteiger partial charge on any atom is -0.310 e. The Balaban J connectivity index is 0.985. The van der Waals surface area contributed by atoms with Crippen molar-refractivity contribution in [1.29, 1.82) is 0 Å². The SMILES string of the molecule is c1ccc(N(c2ccc(-c3cc(-c4ccc(-n5c6ccccc6c6c7ccccc7ccc65)cc4)cc4c5ccccc5n(-c5ccccc5)c34)cc2)c2ccc3ccccc3c2)cc1. The molecule has 11 aromatic carbocycles. The summed E-state index contributed by atoms with van der Waals surface area (Å²) < 4.78 is 4.86. The highest BCUT2D eigenvalue weighted by molar-refractivity contribution is 6.21. The van der Waals surface area contributed by atoms with E-state index in [0.717, 1.165) is 34.0 Å². The lowest BCUT2D eigenvalue weighted by atomic mass is 9.95. The van der Waals surface area contributed by atoms with Crippen molar-refractivity contribution in [3.63, 3.8) is 0 Å². The van der Waals surface area contributed by atoms with Gasteiger partial charge in [-0.25, -0.2) is 0 Å². The lowest BCUT2D eigenvalue weighted by molar-refractivity contribution is 1.18. The highest BCUT2D eigenvalue weighted by atomic mass is 15.1. The molecule has 0 unspecified atom stereocenters. The molecular formula is C62H41N3. The summed E-state index contributed by atoms with van der Waals surface area (Å²) in [5.74, 6) is 0. The van der Waals surface area contributed by atoms with E-state index in [0.29, 0.717) is 0 Å². The summed E-state index contributed by atoms with van der Waals surface area (Å²) in [5.41, 5.74) is 15.1. The smallest absolute Gasteiger partial charge is 0.0619 e. The van der Waals surface area contributed by atoms with Gasteiger partial charge in [-0.3, -0.25) is 0 Å². The zero-order valence-electron chi connectivity index (χ0n) is 35.5. The molecule has 13 aromatic rings. The van der Waals surface area contributed by atoms with Gasteiger partial charge in [0.1, 0.15) is 0 Å². The van der Waals surface area contributed by atoms with Crippen LogP contribution in [0.1, 0.15) is 0 Å². The van der Waals surface area contributed by atoms with Gasteiger partial charge in [-0.05, 0) is 129 Å². The maximum absolute atomic E-state index is 2.44. The third kappa shape index (κ3) is 6.05. The van der Waals surface area contributed by atoms with Gasteiger partial charge in [0.05, 0.1) is 22.1 Å². The van der Waals surface area contributed by atoms with Crippen molar-refractivity contribution in [2.24, 2.45) is 0 Å². The molecular weight excluding hydrogens is 787 g/mol. The maximum atomic E-state index is 2.44. The van der Waals surface area contributed by atoms with Crippen molar-refractivity contribution >= 4 is 82.2 Å². The normalized spacial score (nSPS) is 11.7. The second-order valence-corrected chi connectivity index (χ2v) is 16.9. The predicted molar refractivity (Wildman–Crippen MR) is 276 cm³/mol. The first-order valence-corrected chi connectivity index (χ1v) is 22.3. The van der Waals surface area contributed by atoms with Crippen LogP contribution in [0.25, 0.3) is 98.8 Å². The number of hydrogen-bond acceptors (Lipinski definition) is 1. The fraction of sp³-hybridized carbons (Fsp3) is 0. The third-order valence-electron chi connectivity index (χ3n) is 13.2. The van der Waals surface area contributed by atoms with Crippen LogP contribution in [0.15, 0.2) is 249 Å². The number of anilines is 3. The summed E-state index contributed by atoms with van der Waals surface area (Å²) in [6.45, 7) is 0. The zero-order chi connectivity index (χ0) is 42.8. The molecule has 0 N–H and O–H groups in total. The van der Waals surface area contributed by atoms with Gasteiger partial charge in [0.25, 0.3) is 0 Å². The quantitative estimate of drug-likeness (QED) is 0.156. The Hall–Kier alpha value is -8.66. The monoisotopic (exact) mass is 827 g/mol. The number of benzene rings is 11. The van der Waals surface area contributed by atoms with Crippen LogP contribution in [-0.2, 0) is 0 Å². The largest absolute Gasteiger partial charge is 0.310 e. The fourth-order valence-corrected chi connectivity index (χ4v) is 10.3. The van der Waals surface area contributed by atoms with Crippen LogP contribution >= 0.6 is 0 Å². The first kappa shape index (κ1) is 36.9. The number of fused-ring (bicyclic) bond motifs is 9. The fourth-order valence-electron chi connectivity index (χ4n) is 10.3. The van der Waals surface area contributed by atoms with E-state index in [1.54, 1.807) is 0 Å². The standard InChI is InChI=1S/C62H41N3/c1-3-18-48(19-4-1)63(52-37-29-42-15-7-8-17-46(42)39-52)50-35-30-45(31-36-50)56-40-47(41-57-54-23-11-13-25-58(54)65(62(56)57)49-20-5-2-6-21-49)43-27-33-51(34-28-43)64-59-26-14-12-24-55(59)61-53-22-10-9-16-44(53)32-38-60(61)64/h1-41H. The van der Waals surface area contributed by atoms with Crippen LogP contribution < -0.4 is 4.90 Å². The summed E-state index contributed by atoms with van der Waals surface area (Å²) >= 11 is 0. The van der Waals surface area contributed by atoms with Crippen LogP contribution in [0.4, 0.5) is 17.1 Å². The van der Waals surface area contributed by atoms with Crippen LogP contribution in [0.5, 0.6) is 0 Å². The molecule has 0 fully saturated rings. The Morgan fingerprint density at radius 3 is 1.60 bits per heavy atom. The lowest BCUT2D eigenvalue weighted by Crippen LogP contribution is -2.09. The van der Waals surface area contributed by atoms with Gasteiger partial charge < -0.3 is 14.0 Å². The minimum absolute atomic E-state index is 1.10. The van der Waals surface area contributed by atoms with Crippen molar-refractivity contribution in [2.45, 2.75) is 0 Å². The first-order valence-electron chi connectivity index (χ1n) is 22.3. The Morgan fingerprint density at radius 2 is 0.831 bits per heavy atom. The van der Waals surface area contributed by atoms with Crippen LogP contribution in [-0.4, -0.2) is 9.13 Å². The number of hydrogen-bond donors (Lipinski definition) is 0. The maximum Gasteiger partial charge on any atom is 0.0619 e. The van der Waals surface area contributed by atoms with E-state index in [9.17, 15) is 0 Å². The molecule has 0 aliphatic heterocycles. The number of rotatable bonds is 7. The molecule has 3 nitrogen and oxygen atoms in total. The molecule has 0 bridgehead atoms. The van der Waals surface area contributed by atoms with Gasteiger partial charge in [0.2, 0.25) is 0 Å². The number of aromatic nitrogens is 2. The summed E-state index contributed by atoms with van der Waals surface area (Å²) in [5, 5.41) is 9.99. The molecule has 0 aliphatic carbocycles. The van der Waals surface area contributed by atoms with E-state index in [4.69, 9.17) is 0 Å². The molecule has 0 amide bonds. The Labute approximate surface area is 376 Å². The van der Waals surface area contributed by atoms with E-state index in [2.05, 4.69) is 263 Å². The molecule has 0 aliphatic rings. The molecule has 0 atom stereocenters. The molecule has 2 aromatic heterocycles. The van der Waals surface area contributed by atoms with Crippen molar-refractivity contribution in [3.8, 4) is 33.6 Å². The first-order chi connectivity index (χ1) is 32.2. The number of para-hydroxylation sites is 4. The van der Waals surface area contributed by atoms with Crippen LogP contribution in [0, 0.1) is 0 Å².